The minimum absolute atomic E-state index is 0.302. The van der Waals surface area contributed by atoms with Crippen LogP contribution in [0.5, 0.6) is 0 Å². The summed E-state index contributed by atoms with van der Waals surface area (Å²) in [5.74, 6) is 1.24. The number of ether oxygens (including phenoxy) is 2. The van der Waals surface area contributed by atoms with Crippen molar-refractivity contribution in [2.45, 2.75) is 19.4 Å². The number of aliphatic hydroxyl groups excluding tert-OH is 1. The third-order valence-electron chi connectivity index (χ3n) is 2.21. The van der Waals surface area contributed by atoms with Gasteiger partial charge in [-0.2, -0.15) is 4.98 Å². The molecule has 18 heavy (non-hydrogen) atoms. The average molecular weight is 259 g/mol. The lowest BCUT2D eigenvalue weighted by atomic mass is 10.3. The van der Waals surface area contributed by atoms with Crippen LogP contribution in [0.25, 0.3) is 0 Å². The number of aliphatic hydroxyl groups is 1. The molecule has 0 aliphatic carbocycles. The number of rotatable bonds is 10. The van der Waals surface area contributed by atoms with Crippen LogP contribution in [-0.4, -0.2) is 61.4 Å². The molecule has 0 aliphatic heterocycles. The van der Waals surface area contributed by atoms with Crippen molar-refractivity contribution in [1.29, 1.82) is 0 Å². The van der Waals surface area contributed by atoms with Crippen molar-refractivity contribution in [2.75, 3.05) is 40.0 Å². The molecule has 0 saturated carbocycles. The van der Waals surface area contributed by atoms with Crippen molar-refractivity contribution >= 4 is 0 Å². The predicted octanol–water partition coefficient (Wildman–Crippen LogP) is -0.466. The Labute approximate surface area is 106 Å². The molecule has 0 aromatic carbocycles. The number of hydrogen-bond acceptors (Lipinski definition) is 7. The zero-order valence-electron chi connectivity index (χ0n) is 10.9. The molecule has 0 fully saturated rings. The van der Waals surface area contributed by atoms with E-state index in [1.54, 1.807) is 14.0 Å². The number of hydrogen-bond donors (Lipinski definition) is 2. The highest BCUT2D eigenvalue weighted by molar-refractivity contribution is 4.83. The third-order valence-corrected chi connectivity index (χ3v) is 2.21. The van der Waals surface area contributed by atoms with Crippen LogP contribution in [-0.2, 0) is 15.9 Å². The molecule has 1 atom stereocenters. The molecule has 1 heterocycles. The molecule has 2 N–H and O–H groups in total. The third kappa shape index (κ3) is 6.65. The number of aryl methyl sites for hydroxylation is 1. The second kappa shape index (κ2) is 8.98. The van der Waals surface area contributed by atoms with Crippen LogP contribution < -0.4 is 5.32 Å². The van der Waals surface area contributed by atoms with Crippen molar-refractivity contribution in [2.24, 2.45) is 0 Å². The summed E-state index contributed by atoms with van der Waals surface area (Å²) in [6.07, 6.45) is 0.129. The molecule has 1 rings (SSSR count). The lowest BCUT2D eigenvalue weighted by molar-refractivity contribution is 0.0139. The van der Waals surface area contributed by atoms with E-state index in [0.717, 1.165) is 0 Å². The van der Waals surface area contributed by atoms with Crippen LogP contribution >= 0.6 is 0 Å². The first-order valence-corrected chi connectivity index (χ1v) is 5.97. The summed E-state index contributed by atoms with van der Waals surface area (Å²) in [5, 5.41) is 16.4. The van der Waals surface area contributed by atoms with Gasteiger partial charge in [0.1, 0.15) is 0 Å². The Morgan fingerprint density at radius 3 is 2.94 bits per heavy atom. The van der Waals surface area contributed by atoms with E-state index in [1.807, 2.05) is 0 Å². The fraction of sp³-hybridized carbons (Fsp3) is 0.818. The van der Waals surface area contributed by atoms with Crippen molar-refractivity contribution in [3.8, 4) is 0 Å². The monoisotopic (exact) mass is 259 g/mol. The van der Waals surface area contributed by atoms with Gasteiger partial charge in [0.2, 0.25) is 5.89 Å². The summed E-state index contributed by atoms with van der Waals surface area (Å²) in [5.41, 5.74) is 0. The smallest absolute Gasteiger partial charge is 0.227 e. The summed E-state index contributed by atoms with van der Waals surface area (Å²) >= 11 is 0. The summed E-state index contributed by atoms with van der Waals surface area (Å²) in [7, 11) is 1.61. The lowest BCUT2D eigenvalue weighted by Gasteiger charge is -2.11. The summed E-state index contributed by atoms with van der Waals surface area (Å²) < 4.78 is 15.0. The van der Waals surface area contributed by atoms with Gasteiger partial charge in [-0.3, -0.25) is 0 Å². The maximum atomic E-state index is 9.57. The first-order valence-electron chi connectivity index (χ1n) is 5.97. The van der Waals surface area contributed by atoms with Gasteiger partial charge in [0.15, 0.2) is 5.82 Å². The molecular weight excluding hydrogens is 238 g/mol. The molecule has 0 spiro atoms. The zero-order valence-corrected chi connectivity index (χ0v) is 10.9. The fourth-order valence-electron chi connectivity index (χ4n) is 1.33. The topological polar surface area (TPSA) is 89.6 Å². The van der Waals surface area contributed by atoms with E-state index in [1.165, 1.54) is 0 Å². The summed E-state index contributed by atoms with van der Waals surface area (Å²) in [4.78, 5) is 4.08. The number of aromatic nitrogens is 2. The van der Waals surface area contributed by atoms with Gasteiger partial charge in [0, 0.05) is 26.6 Å². The number of nitrogens with zero attached hydrogens (tertiary/aromatic N) is 2. The van der Waals surface area contributed by atoms with Crippen LogP contribution in [0.3, 0.4) is 0 Å². The fourth-order valence-corrected chi connectivity index (χ4v) is 1.33. The highest BCUT2D eigenvalue weighted by Gasteiger charge is 2.05. The van der Waals surface area contributed by atoms with Gasteiger partial charge in [0.05, 0.1) is 25.9 Å². The SMILES string of the molecule is COCCOCC(O)CNCCc1nc(C)no1. The Balaban J connectivity index is 1.96. The van der Waals surface area contributed by atoms with Crippen molar-refractivity contribution < 1.29 is 19.1 Å². The van der Waals surface area contributed by atoms with Gasteiger partial charge in [-0.05, 0) is 6.92 Å². The van der Waals surface area contributed by atoms with Gasteiger partial charge < -0.3 is 24.4 Å². The molecule has 7 nitrogen and oxygen atoms in total. The Kier molecular flexibility index (Phi) is 7.51. The molecule has 1 unspecified atom stereocenters. The van der Waals surface area contributed by atoms with Crippen LogP contribution in [0.15, 0.2) is 4.52 Å². The standard InChI is InChI=1S/C11H21N3O4/c1-9-13-11(18-14-9)3-4-12-7-10(15)8-17-6-5-16-2/h10,12,15H,3-8H2,1-2H3. The Morgan fingerprint density at radius 1 is 1.44 bits per heavy atom. The van der Waals surface area contributed by atoms with E-state index in [4.69, 9.17) is 14.0 Å². The molecule has 1 aromatic rings. The molecule has 0 radical (unpaired) electrons. The van der Waals surface area contributed by atoms with Crippen LogP contribution in [0, 0.1) is 6.92 Å². The Bertz CT molecular complexity index is 319. The quantitative estimate of drug-likeness (QED) is 0.549. The van der Waals surface area contributed by atoms with Crippen molar-refractivity contribution in [3.63, 3.8) is 0 Å². The molecule has 1 aromatic heterocycles. The van der Waals surface area contributed by atoms with Crippen LogP contribution in [0.2, 0.25) is 0 Å². The molecule has 7 heteroatoms. The largest absolute Gasteiger partial charge is 0.389 e. The van der Waals surface area contributed by atoms with Gasteiger partial charge in [-0.1, -0.05) is 5.16 Å². The maximum absolute atomic E-state index is 9.57. The molecule has 0 aliphatic rings. The van der Waals surface area contributed by atoms with Gasteiger partial charge in [0.25, 0.3) is 0 Å². The predicted molar refractivity (Wildman–Crippen MR) is 64.3 cm³/mol. The normalized spacial score (nSPS) is 12.8. The van der Waals surface area contributed by atoms with Crippen LogP contribution in [0.4, 0.5) is 0 Å². The van der Waals surface area contributed by atoms with E-state index in [9.17, 15) is 5.11 Å². The van der Waals surface area contributed by atoms with Crippen LogP contribution in [0.1, 0.15) is 11.7 Å². The minimum atomic E-state index is -0.522. The lowest BCUT2D eigenvalue weighted by Crippen LogP contribution is -2.32. The van der Waals surface area contributed by atoms with E-state index in [0.29, 0.717) is 51.0 Å². The highest BCUT2D eigenvalue weighted by atomic mass is 16.5. The number of methoxy groups -OCH3 is 1. The summed E-state index contributed by atoms with van der Waals surface area (Å²) in [6, 6.07) is 0. The second-order valence-electron chi connectivity index (χ2n) is 3.91. The maximum Gasteiger partial charge on any atom is 0.227 e. The second-order valence-corrected chi connectivity index (χ2v) is 3.91. The van der Waals surface area contributed by atoms with Gasteiger partial charge in [-0.25, -0.2) is 0 Å². The van der Waals surface area contributed by atoms with Gasteiger partial charge >= 0.3 is 0 Å². The molecular formula is C11H21N3O4. The van der Waals surface area contributed by atoms with E-state index < -0.39 is 6.10 Å². The Hall–Kier alpha value is -1.02. The first-order chi connectivity index (χ1) is 8.72. The first kappa shape index (κ1) is 15.0. The minimum Gasteiger partial charge on any atom is -0.389 e. The molecule has 104 valence electrons. The van der Waals surface area contributed by atoms with E-state index in [2.05, 4.69) is 15.5 Å². The molecule has 0 saturated heterocycles. The molecule has 0 bridgehead atoms. The van der Waals surface area contributed by atoms with E-state index >= 15 is 0 Å². The zero-order chi connectivity index (χ0) is 13.2. The highest BCUT2D eigenvalue weighted by Crippen LogP contribution is 1.95. The van der Waals surface area contributed by atoms with Crippen molar-refractivity contribution in [1.82, 2.24) is 15.5 Å². The summed E-state index contributed by atoms with van der Waals surface area (Å²) in [6.45, 7) is 4.26. The average Bonchev–Trinajstić information content (AvgIpc) is 2.76. The van der Waals surface area contributed by atoms with Crippen molar-refractivity contribution in [3.05, 3.63) is 11.7 Å². The molecule has 0 amide bonds. The van der Waals surface area contributed by atoms with Gasteiger partial charge in [-0.15, -0.1) is 0 Å². The Morgan fingerprint density at radius 2 is 2.28 bits per heavy atom. The van der Waals surface area contributed by atoms with E-state index in [-0.39, 0.29) is 0 Å². The number of nitrogens with one attached hydrogen (secondary N) is 1.